The van der Waals surface area contributed by atoms with Crippen molar-refractivity contribution in [2.75, 3.05) is 4.31 Å². The number of carbonyl (C=O) groups is 1. The number of halogens is 3. The van der Waals surface area contributed by atoms with Crippen molar-refractivity contribution in [2.45, 2.75) is 50.9 Å². The van der Waals surface area contributed by atoms with Crippen LogP contribution in [-0.4, -0.2) is 20.6 Å². The van der Waals surface area contributed by atoms with Gasteiger partial charge in [-0.15, -0.1) is 0 Å². The molecule has 0 radical (unpaired) electrons. The van der Waals surface area contributed by atoms with Gasteiger partial charge >= 0.3 is 12.1 Å². The molecule has 0 saturated heterocycles. The van der Waals surface area contributed by atoms with Crippen LogP contribution in [-0.2, 0) is 30.5 Å². The van der Waals surface area contributed by atoms with Crippen LogP contribution in [0.4, 0.5) is 18.9 Å². The van der Waals surface area contributed by atoms with Gasteiger partial charge < -0.3 is 14.0 Å². The molecule has 5 nitrogen and oxygen atoms in total. The molecule has 0 spiro atoms. The van der Waals surface area contributed by atoms with Crippen molar-refractivity contribution in [3.8, 4) is 0 Å². The molecule has 9 heteroatoms. The van der Waals surface area contributed by atoms with E-state index in [4.69, 9.17) is 0 Å². The van der Waals surface area contributed by atoms with Crippen molar-refractivity contribution in [2.24, 2.45) is 0 Å². The summed E-state index contributed by atoms with van der Waals surface area (Å²) < 4.78 is 44.6. The largest absolute Gasteiger partial charge is 0.480 e. The molecule has 0 amide bonds. The lowest BCUT2D eigenvalue weighted by Gasteiger charge is -2.25. The summed E-state index contributed by atoms with van der Waals surface area (Å²) in [5.41, 5.74) is 2.54. The Bertz CT molecular complexity index is 1370. The molecular weight excluding hydrogens is 487 g/mol. The highest BCUT2D eigenvalue weighted by atomic mass is 32.2. The molecule has 0 aliphatic carbocycles. The van der Waals surface area contributed by atoms with E-state index in [1.807, 2.05) is 48.5 Å². The lowest BCUT2D eigenvalue weighted by Crippen LogP contribution is -2.18. The van der Waals surface area contributed by atoms with Gasteiger partial charge in [0, 0.05) is 17.0 Å². The van der Waals surface area contributed by atoms with Crippen LogP contribution in [0.3, 0.4) is 0 Å². The fourth-order valence-corrected chi connectivity index (χ4v) is 4.98. The van der Waals surface area contributed by atoms with Crippen LogP contribution in [0.25, 0.3) is 11.0 Å². The SMILES string of the molecule is CCCc1nc2cc(N(Cc3ccccc3C(F)(F)F)Sc3ccc(C)cc3)ccc2n1CC(=O)O. The zero-order chi connectivity index (χ0) is 25.9. The molecule has 0 saturated carbocycles. The molecule has 4 aromatic rings. The van der Waals surface area contributed by atoms with E-state index in [1.54, 1.807) is 22.8 Å². The van der Waals surface area contributed by atoms with Crippen molar-refractivity contribution in [3.05, 3.63) is 89.2 Å². The van der Waals surface area contributed by atoms with Gasteiger partial charge in [-0.3, -0.25) is 4.79 Å². The number of aliphatic carboxylic acids is 1. The fourth-order valence-electron chi connectivity index (χ4n) is 4.04. The monoisotopic (exact) mass is 513 g/mol. The first-order valence-corrected chi connectivity index (χ1v) is 12.3. The summed E-state index contributed by atoms with van der Waals surface area (Å²) in [5, 5.41) is 9.37. The van der Waals surface area contributed by atoms with Crippen LogP contribution in [0.2, 0.25) is 0 Å². The van der Waals surface area contributed by atoms with E-state index in [-0.39, 0.29) is 18.7 Å². The average molecular weight is 514 g/mol. The van der Waals surface area contributed by atoms with Crippen LogP contribution in [0, 0.1) is 6.92 Å². The van der Waals surface area contributed by atoms with E-state index in [9.17, 15) is 23.1 Å². The maximum absolute atomic E-state index is 13.7. The predicted octanol–water partition coefficient (Wildman–Crippen LogP) is 7.11. The number of rotatable bonds is 9. The molecule has 0 aliphatic rings. The van der Waals surface area contributed by atoms with Crippen LogP contribution in [0.5, 0.6) is 0 Å². The number of hydrogen-bond acceptors (Lipinski definition) is 4. The van der Waals surface area contributed by atoms with Gasteiger partial charge in [0.1, 0.15) is 12.4 Å². The number of aromatic nitrogens is 2. The molecule has 3 aromatic carbocycles. The Hall–Kier alpha value is -3.46. The molecule has 1 heterocycles. The molecular formula is C27H26F3N3O2S. The highest BCUT2D eigenvalue weighted by Crippen LogP contribution is 2.37. The molecule has 1 N–H and O–H groups in total. The quantitative estimate of drug-likeness (QED) is 0.242. The smallest absolute Gasteiger partial charge is 0.416 e. The number of benzene rings is 3. The average Bonchev–Trinajstić information content (AvgIpc) is 3.15. The summed E-state index contributed by atoms with van der Waals surface area (Å²) in [6.07, 6.45) is -3.04. The van der Waals surface area contributed by atoms with Gasteiger partial charge in [-0.1, -0.05) is 42.8 Å². The number of carboxylic acid groups (broad SMARTS) is 1. The number of hydrogen-bond donors (Lipinski definition) is 1. The minimum absolute atomic E-state index is 0.0113. The van der Waals surface area contributed by atoms with E-state index in [0.29, 0.717) is 29.0 Å². The van der Waals surface area contributed by atoms with Gasteiger partial charge in [0.05, 0.1) is 23.1 Å². The summed E-state index contributed by atoms with van der Waals surface area (Å²) in [6, 6.07) is 18.8. The van der Waals surface area contributed by atoms with E-state index in [0.717, 1.165) is 22.9 Å². The Balaban J connectivity index is 1.78. The van der Waals surface area contributed by atoms with Crippen LogP contribution in [0.15, 0.2) is 71.6 Å². The molecule has 0 fully saturated rings. The van der Waals surface area contributed by atoms with Crippen molar-refractivity contribution in [1.82, 2.24) is 9.55 Å². The standard InChI is InChI=1S/C27H26F3N3O2S/c1-3-6-25-31-23-15-20(11-14-24(23)32(25)17-26(34)35)33(36-21-12-9-18(2)10-13-21)16-19-7-4-5-8-22(19)27(28,29)30/h4-5,7-15H,3,6,16-17H2,1-2H3,(H,34,35). The number of alkyl halides is 3. The summed E-state index contributed by atoms with van der Waals surface area (Å²) in [4.78, 5) is 17.0. The second-order valence-corrected chi connectivity index (χ2v) is 9.62. The van der Waals surface area contributed by atoms with Crippen molar-refractivity contribution in [1.29, 1.82) is 0 Å². The van der Waals surface area contributed by atoms with Crippen LogP contribution < -0.4 is 4.31 Å². The first-order chi connectivity index (χ1) is 17.2. The number of anilines is 1. The van der Waals surface area contributed by atoms with E-state index in [1.165, 1.54) is 24.1 Å². The summed E-state index contributed by atoms with van der Waals surface area (Å²) in [6.45, 7) is 3.78. The molecule has 0 atom stereocenters. The third-order valence-corrected chi connectivity index (χ3v) is 6.78. The lowest BCUT2D eigenvalue weighted by molar-refractivity contribution is -0.138. The van der Waals surface area contributed by atoms with Crippen molar-refractivity contribution < 1.29 is 23.1 Å². The van der Waals surface area contributed by atoms with E-state index in [2.05, 4.69) is 4.98 Å². The molecule has 4 rings (SSSR count). The van der Waals surface area contributed by atoms with Gasteiger partial charge in [-0.2, -0.15) is 13.2 Å². The predicted molar refractivity (Wildman–Crippen MR) is 136 cm³/mol. The molecule has 0 unspecified atom stereocenters. The van der Waals surface area contributed by atoms with E-state index < -0.39 is 17.7 Å². The number of imidazole rings is 1. The van der Waals surface area contributed by atoms with Crippen LogP contribution in [0.1, 0.15) is 35.9 Å². The van der Waals surface area contributed by atoms with Crippen LogP contribution >= 0.6 is 11.9 Å². The maximum Gasteiger partial charge on any atom is 0.416 e. The normalized spacial score (nSPS) is 11.7. The van der Waals surface area contributed by atoms with Gasteiger partial charge in [-0.05, 0) is 67.3 Å². The zero-order valence-electron chi connectivity index (χ0n) is 19.9. The molecule has 36 heavy (non-hydrogen) atoms. The van der Waals surface area contributed by atoms with Gasteiger partial charge in [0.25, 0.3) is 0 Å². The van der Waals surface area contributed by atoms with E-state index >= 15 is 0 Å². The molecule has 1 aromatic heterocycles. The lowest BCUT2D eigenvalue weighted by atomic mass is 10.1. The Morgan fingerprint density at radius 1 is 1.08 bits per heavy atom. The minimum atomic E-state index is -4.47. The fraction of sp³-hybridized carbons (Fsp3) is 0.259. The van der Waals surface area contributed by atoms with Crippen molar-refractivity contribution in [3.63, 3.8) is 0 Å². The highest BCUT2D eigenvalue weighted by Gasteiger charge is 2.33. The molecule has 0 aliphatic heterocycles. The molecule has 188 valence electrons. The number of nitrogens with zero attached hydrogens (tertiary/aromatic N) is 3. The Labute approximate surface area is 211 Å². The Kier molecular flexibility index (Phi) is 7.59. The third-order valence-electron chi connectivity index (χ3n) is 5.74. The first-order valence-electron chi connectivity index (χ1n) is 11.5. The number of fused-ring (bicyclic) bond motifs is 1. The third kappa shape index (κ3) is 5.84. The maximum atomic E-state index is 13.7. The van der Waals surface area contributed by atoms with Gasteiger partial charge in [-0.25, -0.2) is 4.98 Å². The highest BCUT2D eigenvalue weighted by molar-refractivity contribution is 8.00. The van der Waals surface area contributed by atoms with Gasteiger partial charge in [0.15, 0.2) is 0 Å². The summed E-state index contributed by atoms with van der Waals surface area (Å²) in [7, 11) is 0. The topological polar surface area (TPSA) is 58.4 Å². The second-order valence-electron chi connectivity index (χ2n) is 8.53. The number of aryl methyl sites for hydroxylation is 2. The Morgan fingerprint density at radius 2 is 1.81 bits per heavy atom. The van der Waals surface area contributed by atoms with Crippen molar-refractivity contribution >= 4 is 34.6 Å². The summed E-state index contributed by atoms with van der Waals surface area (Å²) >= 11 is 1.34. The molecule has 0 bridgehead atoms. The van der Waals surface area contributed by atoms with Gasteiger partial charge in [0.2, 0.25) is 0 Å². The number of carboxylic acids is 1. The zero-order valence-corrected chi connectivity index (χ0v) is 20.7. The Morgan fingerprint density at radius 3 is 2.47 bits per heavy atom. The summed E-state index contributed by atoms with van der Waals surface area (Å²) in [5.74, 6) is -0.289. The first kappa shape index (κ1) is 25.6. The minimum Gasteiger partial charge on any atom is -0.480 e. The second kappa shape index (κ2) is 10.7.